The number of carbonyl (C=O) groups excluding carboxylic acids is 1. The van der Waals surface area contributed by atoms with Crippen LogP contribution in [0, 0.1) is 5.92 Å². The molecule has 0 saturated carbocycles. The molecule has 1 fully saturated rings. The largest absolute Gasteiger partial charge is 0.380 e. The highest BCUT2D eigenvalue weighted by Gasteiger charge is 2.26. The number of aromatic amines is 1. The number of anilines is 1. The van der Waals surface area contributed by atoms with Crippen LogP contribution in [0.2, 0.25) is 0 Å². The standard InChI is InChI=1S/C14H19N5O3.C8H10O.C2H4/c1-7(2)12(20)17-14-16-11-10(13(21)18-14)15-6-19(11)9-5-4-8(3)22-9;1-9-7-8-5-3-2-4-6-8;1-2/h6-9H,4-5H2,1-3H3,(H2,16,17,18,20,21);2-6H,7H2,1H3;1-2H2. The maximum absolute atomic E-state index is 12.1. The molecule has 2 N–H and O–H groups in total. The van der Waals surface area contributed by atoms with Crippen LogP contribution in [-0.2, 0) is 20.9 Å². The van der Waals surface area contributed by atoms with E-state index >= 15 is 0 Å². The van der Waals surface area contributed by atoms with Crippen molar-refractivity contribution in [2.75, 3.05) is 12.4 Å². The second-order valence-corrected chi connectivity index (χ2v) is 7.78. The van der Waals surface area contributed by atoms with E-state index in [9.17, 15) is 9.59 Å². The number of nitrogens with one attached hydrogen (secondary N) is 2. The van der Waals surface area contributed by atoms with Crippen molar-refractivity contribution in [1.29, 1.82) is 0 Å². The van der Waals surface area contributed by atoms with E-state index in [-0.39, 0.29) is 41.2 Å². The van der Waals surface area contributed by atoms with Gasteiger partial charge in [-0.05, 0) is 25.3 Å². The van der Waals surface area contributed by atoms with Gasteiger partial charge in [0.2, 0.25) is 11.9 Å². The topological polar surface area (TPSA) is 111 Å². The lowest BCUT2D eigenvalue weighted by molar-refractivity contribution is -0.118. The minimum atomic E-state index is -0.381. The third-order valence-corrected chi connectivity index (χ3v) is 4.87. The number of nitrogens with zero attached hydrogens (tertiary/aromatic N) is 3. The highest BCUT2D eigenvalue weighted by molar-refractivity contribution is 5.91. The molecule has 1 saturated heterocycles. The Balaban J connectivity index is 0.000000293. The van der Waals surface area contributed by atoms with Crippen LogP contribution in [0.1, 0.15) is 45.4 Å². The van der Waals surface area contributed by atoms with Crippen molar-refractivity contribution in [3.8, 4) is 0 Å². The minimum Gasteiger partial charge on any atom is -0.380 e. The van der Waals surface area contributed by atoms with Gasteiger partial charge in [-0.3, -0.25) is 24.5 Å². The Bertz CT molecular complexity index is 1080. The van der Waals surface area contributed by atoms with Gasteiger partial charge in [-0.1, -0.05) is 44.2 Å². The summed E-state index contributed by atoms with van der Waals surface area (Å²) >= 11 is 0. The molecule has 0 bridgehead atoms. The van der Waals surface area contributed by atoms with E-state index < -0.39 is 0 Å². The summed E-state index contributed by atoms with van der Waals surface area (Å²) in [4.78, 5) is 34.8. The normalized spacial score (nSPS) is 17.1. The highest BCUT2D eigenvalue weighted by atomic mass is 16.5. The van der Waals surface area contributed by atoms with Crippen LogP contribution in [-0.4, -0.2) is 38.6 Å². The Hall–Kier alpha value is -3.30. The van der Waals surface area contributed by atoms with Crippen molar-refractivity contribution in [2.45, 2.75) is 52.6 Å². The van der Waals surface area contributed by atoms with Crippen molar-refractivity contribution in [3.05, 3.63) is 65.7 Å². The van der Waals surface area contributed by atoms with Crippen LogP contribution in [0.3, 0.4) is 0 Å². The number of hydrogen-bond donors (Lipinski definition) is 2. The van der Waals surface area contributed by atoms with Crippen molar-refractivity contribution in [1.82, 2.24) is 19.5 Å². The van der Waals surface area contributed by atoms with Gasteiger partial charge in [-0.2, -0.15) is 4.98 Å². The monoisotopic (exact) mass is 455 g/mol. The van der Waals surface area contributed by atoms with Crippen LogP contribution in [0.5, 0.6) is 0 Å². The lowest BCUT2D eigenvalue weighted by Crippen LogP contribution is -2.22. The molecule has 0 spiro atoms. The summed E-state index contributed by atoms with van der Waals surface area (Å²) in [5.41, 5.74) is 1.50. The zero-order chi connectivity index (χ0) is 24.4. The molecule has 1 aromatic carbocycles. The average molecular weight is 456 g/mol. The zero-order valence-corrected chi connectivity index (χ0v) is 19.7. The predicted octanol–water partition coefficient (Wildman–Crippen LogP) is 4.05. The maximum atomic E-state index is 12.1. The number of fused-ring (bicyclic) bond motifs is 1. The molecule has 9 nitrogen and oxygen atoms in total. The molecule has 4 rings (SSSR count). The lowest BCUT2D eigenvalue weighted by Gasteiger charge is -2.13. The molecule has 2 unspecified atom stereocenters. The Morgan fingerprint density at radius 2 is 2.00 bits per heavy atom. The van der Waals surface area contributed by atoms with Crippen molar-refractivity contribution in [2.24, 2.45) is 5.92 Å². The average Bonchev–Trinajstić information content (AvgIpc) is 3.43. The summed E-state index contributed by atoms with van der Waals surface area (Å²) < 4.78 is 12.5. The number of hydrogen-bond acceptors (Lipinski definition) is 6. The highest BCUT2D eigenvalue weighted by Crippen LogP contribution is 2.29. The molecule has 178 valence electrons. The quantitative estimate of drug-likeness (QED) is 0.562. The van der Waals surface area contributed by atoms with Crippen molar-refractivity contribution < 1.29 is 14.3 Å². The summed E-state index contributed by atoms with van der Waals surface area (Å²) in [6.07, 6.45) is 3.34. The fourth-order valence-electron chi connectivity index (χ4n) is 3.18. The van der Waals surface area contributed by atoms with Crippen LogP contribution >= 0.6 is 0 Å². The fraction of sp³-hybridized carbons (Fsp3) is 0.417. The van der Waals surface area contributed by atoms with E-state index in [1.54, 1.807) is 31.9 Å². The minimum absolute atomic E-state index is 0.129. The number of aromatic nitrogens is 4. The van der Waals surface area contributed by atoms with Gasteiger partial charge >= 0.3 is 0 Å². The molecule has 1 aliphatic rings. The van der Waals surface area contributed by atoms with Crippen LogP contribution in [0.4, 0.5) is 5.95 Å². The number of imidazole rings is 1. The van der Waals surface area contributed by atoms with E-state index in [2.05, 4.69) is 33.4 Å². The molecule has 0 radical (unpaired) electrons. The molecule has 9 heteroatoms. The molecule has 0 aliphatic carbocycles. The smallest absolute Gasteiger partial charge is 0.280 e. The predicted molar refractivity (Wildman–Crippen MR) is 129 cm³/mol. The fourth-order valence-corrected chi connectivity index (χ4v) is 3.18. The van der Waals surface area contributed by atoms with Gasteiger partial charge in [0.05, 0.1) is 19.0 Å². The number of H-pyrrole nitrogens is 1. The summed E-state index contributed by atoms with van der Waals surface area (Å²) in [5.74, 6) is -0.284. The summed E-state index contributed by atoms with van der Waals surface area (Å²) in [7, 11) is 1.70. The Morgan fingerprint density at radius 1 is 1.30 bits per heavy atom. The number of amides is 1. The summed E-state index contributed by atoms with van der Waals surface area (Å²) in [6, 6.07) is 10.1. The van der Waals surface area contributed by atoms with Gasteiger partial charge in [0.1, 0.15) is 6.23 Å². The molecular weight excluding hydrogens is 422 g/mol. The molecule has 2 aromatic heterocycles. The van der Waals surface area contributed by atoms with Gasteiger partial charge < -0.3 is 9.47 Å². The van der Waals surface area contributed by atoms with Gasteiger partial charge in [-0.15, -0.1) is 13.2 Å². The molecule has 2 atom stereocenters. The number of rotatable bonds is 5. The molecule has 33 heavy (non-hydrogen) atoms. The first-order chi connectivity index (χ1) is 15.9. The third kappa shape index (κ3) is 7.10. The van der Waals surface area contributed by atoms with Crippen molar-refractivity contribution >= 4 is 23.0 Å². The van der Waals surface area contributed by atoms with Gasteiger partial charge in [-0.25, -0.2) is 4.98 Å². The zero-order valence-electron chi connectivity index (χ0n) is 19.7. The van der Waals surface area contributed by atoms with Crippen LogP contribution < -0.4 is 10.9 Å². The van der Waals surface area contributed by atoms with E-state index in [0.717, 1.165) is 12.8 Å². The molecule has 3 heterocycles. The SMILES string of the molecule is C=C.CC1CCC(n2cnc3c(=O)[nH]c(NC(=O)C(C)C)nc32)O1.COCc1ccccc1. The summed E-state index contributed by atoms with van der Waals surface area (Å²) in [5, 5.41) is 2.60. The number of carbonyl (C=O) groups is 1. The van der Waals surface area contributed by atoms with Gasteiger partial charge in [0.25, 0.3) is 5.56 Å². The summed E-state index contributed by atoms with van der Waals surface area (Å²) in [6.45, 7) is 12.3. The molecular formula is C24H33N5O4. The molecule has 1 aliphatic heterocycles. The third-order valence-electron chi connectivity index (χ3n) is 4.87. The van der Waals surface area contributed by atoms with E-state index in [1.807, 2.05) is 37.3 Å². The Labute approximate surface area is 193 Å². The second kappa shape index (κ2) is 12.7. The molecule has 1 amide bonds. The molecule has 3 aromatic rings. The van der Waals surface area contributed by atoms with Crippen LogP contribution in [0.25, 0.3) is 11.2 Å². The number of benzene rings is 1. The lowest BCUT2D eigenvalue weighted by atomic mass is 10.2. The first kappa shape index (κ1) is 26.0. The Kier molecular flexibility index (Phi) is 9.96. The first-order valence-electron chi connectivity index (χ1n) is 10.8. The number of ether oxygens (including phenoxy) is 2. The van der Waals surface area contributed by atoms with Crippen molar-refractivity contribution in [3.63, 3.8) is 0 Å². The number of methoxy groups -OCH3 is 1. The van der Waals surface area contributed by atoms with Crippen LogP contribution in [0.15, 0.2) is 54.6 Å². The van der Waals surface area contributed by atoms with E-state index in [0.29, 0.717) is 12.3 Å². The van der Waals surface area contributed by atoms with Gasteiger partial charge in [0, 0.05) is 13.0 Å². The second-order valence-electron chi connectivity index (χ2n) is 7.78. The van der Waals surface area contributed by atoms with Gasteiger partial charge in [0.15, 0.2) is 11.2 Å². The Morgan fingerprint density at radius 3 is 2.58 bits per heavy atom. The van der Waals surface area contributed by atoms with E-state index in [4.69, 9.17) is 9.47 Å². The van der Waals surface area contributed by atoms with E-state index in [1.165, 1.54) is 5.56 Å². The first-order valence-corrected chi connectivity index (χ1v) is 10.8. The maximum Gasteiger partial charge on any atom is 0.280 e.